The van der Waals surface area contributed by atoms with Crippen LogP contribution in [0.5, 0.6) is 0 Å². The summed E-state index contributed by atoms with van der Waals surface area (Å²) in [5, 5.41) is 12.9. The first-order valence-corrected chi connectivity index (χ1v) is 5.03. The molecule has 17 heavy (non-hydrogen) atoms. The van der Waals surface area contributed by atoms with Crippen molar-refractivity contribution in [2.24, 2.45) is 7.05 Å². The second-order valence-corrected chi connectivity index (χ2v) is 3.83. The molecule has 0 saturated heterocycles. The fourth-order valence-electron chi connectivity index (χ4n) is 1.63. The van der Waals surface area contributed by atoms with Crippen LogP contribution in [-0.4, -0.2) is 20.9 Å². The molecular weight excluding hydrogens is 223 g/mol. The number of hydrogen-bond acceptors (Lipinski definition) is 2. The summed E-state index contributed by atoms with van der Waals surface area (Å²) in [4.78, 5) is 10.9. The van der Waals surface area contributed by atoms with Gasteiger partial charge in [-0.1, -0.05) is 11.6 Å². The molecule has 1 heterocycles. The fourth-order valence-corrected chi connectivity index (χ4v) is 1.63. The van der Waals surface area contributed by atoms with E-state index in [0.717, 1.165) is 5.56 Å². The molecule has 0 bridgehead atoms. The van der Waals surface area contributed by atoms with Crippen LogP contribution >= 0.6 is 0 Å². The molecule has 5 heteroatoms. The molecule has 0 aliphatic carbocycles. The van der Waals surface area contributed by atoms with Gasteiger partial charge in [0.1, 0.15) is 11.5 Å². The standard InChI is InChI=1S/C12H11FN2O2/c1-7-3-4-9(13)8(5-7)10-6-11(12(16)17)15(2)14-10/h3-6H,1-2H3,(H,16,17). The van der Waals surface area contributed by atoms with E-state index in [1.165, 1.54) is 23.9 Å². The first-order chi connectivity index (χ1) is 7.99. The van der Waals surface area contributed by atoms with E-state index in [1.807, 2.05) is 6.92 Å². The van der Waals surface area contributed by atoms with E-state index in [4.69, 9.17) is 5.11 Å². The number of carbonyl (C=O) groups is 1. The van der Waals surface area contributed by atoms with Gasteiger partial charge in [-0.15, -0.1) is 0 Å². The summed E-state index contributed by atoms with van der Waals surface area (Å²) in [5.74, 6) is -1.50. The van der Waals surface area contributed by atoms with Crippen LogP contribution in [0.2, 0.25) is 0 Å². The summed E-state index contributed by atoms with van der Waals surface area (Å²) in [6.45, 7) is 1.84. The maximum atomic E-state index is 13.6. The Morgan fingerprint density at radius 3 is 2.71 bits per heavy atom. The summed E-state index contributed by atoms with van der Waals surface area (Å²) >= 11 is 0. The molecule has 2 rings (SSSR count). The van der Waals surface area contributed by atoms with Crippen molar-refractivity contribution in [2.75, 3.05) is 0 Å². The number of carboxylic acids is 1. The quantitative estimate of drug-likeness (QED) is 0.866. The highest BCUT2D eigenvalue weighted by molar-refractivity contribution is 5.87. The molecule has 0 atom stereocenters. The van der Waals surface area contributed by atoms with E-state index in [9.17, 15) is 9.18 Å². The second kappa shape index (κ2) is 4.01. The zero-order valence-corrected chi connectivity index (χ0v) is 9.44. The summed E-state index contributed by atoms with van der Waals surface area (Å²) in [7, 11) is 1.51. The van der Waals surface area contributed by atoms with Crippen LogP contribution in [0.1, 0.15) is 16.1 Å². The molecule has 0 amide bonds. The molecule has 1 N–H and O–H groups in total. The molecular formula is C12H11FN2O2. The Bertz CT molecular complexity index is 590. The summed E-state index contributed by atoms with van der Waals surface area (Å²) < 4.78 is 14.8. The van der Waals surface area contributed by atoms with Crippen molar-refractivity contribution in [3.63, 3.8) is 0 Å². The van der Waals surface area contributed by atoms with Gasteiger partial charge in [0.15, 0.2) is 0 Å². The minimum absolute atomic E-state index is 0.0286. The maximum Gasteiger partial charge on any atom is 0.354 e. The molecule has 4 nitrogen and oxygen atoms in total. The van der Waals surface area contributed by atoms with Gasteiger partial charge >= 0.3 is 5.97 Å². The first kappa shape index (κ1) is 11.3. The molecule has 1 aromatic carbocycles. The van der Waals surface area contributed by atoms with Crippen LogP contribution in [0.15, 0.2) is 24.3 Å². The topological polar surface area (TPSA) is 55.1 Å². The molecule has 2 aromatic rings. The van der Waals surface area contributed by atoms with Crippen LogP contribution in [0.25, 0.3) is 11.3 Å². The number of aromatic carboxylic acids is 1. The number of carboxylic acid groups (broad SMARTS) is 1. The lowest BCUT2D eigenvalue weighted by Gasteiger charge is -2.00. The number of nitrogens with zero attached hydrogens (tertiary/aromatic N) is 2. The van der Waals surface area contributed by atoms with Gasteiger partial charge in [0.25, 0.3) is 0 Å². The van der Waals surface area contributed by atoms with Gasteiger partial charge in [0.05, 0.1) is 5.69 Å². The second-order valence-electron chi connectivity index (χ2n) is 3.83. The van der Waals surface area contributed by atoms with Gasteiger partial charge in [-0.05, 0) is 25.1 Å². The van der Waals surface area contributed by atoms with Gasteiger partial charge in [-0.25, -0.2) is 9.18 Å². The number of aryl methyl sites for hydroxylation is 2. The van der Waals surface area contributed by atoms with E-state index in [-0.39, 0.29) is 5.69 Å². The summed E-state index contributed by atoms with van der Waals surface area (Å²) in [6, 6.07) is 6.00. The number of aromatic nitrogens is 2. The van der Waals surface area contributed by atoms with Crippen molar-refractivity contribution >= 4 is 5.97 Å². The molecule has 0 unspecified atom stereocenters. The first-order valence-electron chi connectivity index (χ1n) is 5.03. The van der Waals surface area contributed by atoms with Crippen molar-refractivity contribution in [3.8, 4) is 11.3 Å². The Labute approximate surface area is 97.3 Å². The van der Waals surface area contributed by atoms with Crippen molar-refractivity contribution in [1.29, 1.82) is 0 Å². The average molecular weight is 234 g/mol. The average Bonchev–Trinajstić information content (AvgIpc) is 2.64. The summed E-state index contributed by atoms with van der Waals surface area (Å²) in [6.07, 6.45) is 0. The lowest BCUT2D eigenvalue weighted by Crippen LogP contribution is -2.04. The van der Waals surface area contributed by atoms with Crippen molar-refractivity contribution in [2.45, 2.75) is 6.92 Å². The Morgan fingerprint density at radius 1 is 1.41 bits per heavy atom. The van der Waals surface area contributed by atoms with Gasteiger partial charge < -0.3 is 5.11 Å². The molecule has 0 aliphatic heterocycles. The molecule has 0 aliphatic rings. The highest BCUT2D eigenvalue weighted by atomic mass is 19.1. The van der Waals surface area contributed by atoms with Crippen LogP contribution in [0.3, 0.4) is 0 Å². The zero-order valence-electron chi connectivity index (χ0n) is 9.44. The van der Waals surface area contributed by atoms with E-state index < -0.39 is 11.8 Å². The van der Waals surface area contributed by atoms with E-state index in [2.05, 4.69) is 5.10 Å². The minimum atomic E-state index is -1.08. The van der Waals surface area contributed by atoms with Crippen LogP contribution < -0.4 is 0 Å². The lowest BCUT2D eigenvalue weighted by molar-refractivity contribution is 0.0685. The van der Waals surface area contributed by atoms with Crippen LogP contribution in [-0.2, 0) is 7.05 Å². The molecule has 0 saturated carbocycles. The smallest absolute Gasteiger partial charge is 0.354 e. The molecule has 0 spiro atoms. The van der Waals surface area contributed by atoms with Gasteiger partial charge in [-0.3, -0.25) is 4.68 Å². The van der Waals surface area contributed by atoms with E-state index in [1.54, 1.807) is 12.1 Å². The monoisotopic (exact) mass is 234 g/mol. The molecule has 88 valence electrons. The Hall–Kier alpha value is -2.17. The molecule has 0 fully saturated rings. The Balaban J connectivity index is 2.57. The third-order valence-electron chi connectivity index (χ3n) is 2.50. The van der Waals surface area contributed by atoms with Crippen molar-refractivity contribution in [3.05, 3.63) is 41.3 Å². The SMILES string of the molecule is Cc1ccc(F)c(-c2cc(C(=O)O)n(C)n2)c1. The minimum Gasteiger partial charge on any atom is -0.477 e. The van der Waals surface area contributed by atoms with Crippen molar-refractivity contribution in [1.82, 2.24) is 9.78 Å². The van der Waals surface area contributed by atoms with E-state index in [0.29, 0.717) is 11.3 Å². The predicted octanol–water partition coefficient (Wildman–Crippen LogP) is 2.23. The normalized spacial score (nSPS) is 10.5. The summed E-state index contributed by atoms with van der Waals surface area (Å²) in [5.41, 5.74) is 1.56. The largest absolute Gasteiger partial charge is 0.477 e. The van der Waals surface area contributed by atoms with Gasteiger partial charge in [-0.2, -0.15) is 5.10 Å². The number of hydrogen-bond donors (Lipinski definition) is 1. The van der Waals surface area contributed by atoms with Gasteiger partial charge in [0, 0.05) is 12.6 Å². The highest BCUT2D eigenvalue weighted by Crippen LogP contribution is 2.23. The third kappa shape index (κ3) is 2.04. The van der Waals surface area contributed by atoms with Gasteiger partial charge in [0.2, 0.25) is 0 Å². The zero-order chi connectivity index (χ0) is 12.6. The van der Waals surface area contributed by atoms with Crippen molar-refractivity contribution < 1.29 is 14.3 Å². The van der Waals surface area contributed by atoms with Crippen LogP contribution in [0.4, 0.5) is 4.39 Å². The lowest BCUT2D eigenvalue weighted by atomic mass is 10.1. The highest BCUT2D eigenvalue weighted by Gasteiger charge is 2.15. The molecule has 1 aromatic heterocycles. The molecule has 0 radical (unpaired) electrons. The predicted molar refractivity (Wildman–Crippen MR) is 60.3 cm³/mol. The third-order valence-corrected chi connectivity index (χ3v) is 2.50. The number of halogens is 1. The number of benzene rings is 1. The number of rotatable bonds is 2. The van der Waals surface area contributed by atoms with Crippen LogP contribution in [0, 0.1) is 12.7 Å². The Kier molecular flexibility index (Phi) is 2.67. The Morgan fingerprint density at radius 2 is 2.12 bits per heavy atom. The maximum absolute atomic E-state index is 13.6. The van der Waals surface area contributed by atoms with E-state index >= 15 is 0 Å². The fraction of sp³-hybridized carbons (Fsp3) is 0.167.